The van der Waals surface area contributed by atoms with Crippen molar-refractivity contribution in [1.29, 1.82) is 0 Å². The minimum Gasteiger partial charge on any atom is -0.481 e. The Morgan fingerprint density at radius 3 is 2.53 bits per heavy atom. The van der Waals surface area contributed by atoms with Crippen molar-refractivity contribution in [3.05, 3.63) is 33.8 Å². The molecule has 0 bridgehead atoms. The molecule has 1 aromatic rings. The second-order valence-corrected chi connectivity index (χ2v) is 4.82. The van der Waals surface area contributed by atoms with Crippen molar-refractivity contribution in [1.82, 2.24) is 0 Å². The first-order valence-corrected chi connectivity index (χ1v) is 5.46. The molecule has 80 valence electrons. The van der Waals surface area contributed by atoms with Gasteiger partial charge in [0.25, 0.3) is 0 Å². The maximum Gasteiger partial charge on any atom is 0.304 e. The summed E-state index contributed by atoms with van der Waals surface area (Å²) in [4.78, 5) is 10.7. The maximum atomic E-state index is 10.7. The van der Waals surface area contributed by atoms with Crippen LogP contribution in [0.3, 0.4) is 0 Å². The monoisotopic (exact) mass is 244 g/mol. The van der Waals surface area contributed by atoms with Gasteiger partial charge in [-0.05, 0) is 30.5 Å². The highest BCUT2D eigenvalue weighted by atomic mass is 35.5. The molecule has 1 aliphatic rings. The van der Waals surface area contributed by atoms with Crippen LogP contribution >= 0.6 is 23.2 Å². The van der Waals surface area contributed by atoms with E-state index in [1.54, 1.807) is 12.1 Å². The van der Waals surface area contributed by atoms with Gasteiger partial charge >= 0.3 is 5.97 Å². The van der Waals surface area contributed by atoms with Crippen molar-refractivity contribution in [2.45, 2.75) is 24.7 Å². The van der Waals surface area contributed by atoms with Gasteiger partial charge in [-0.15, -0.1) is 0 Å². The molecule has 15 heavy (non-hydrogen) atoms. The average Bonchev–Trinajstić information content (AvgIpc) is 2.83. The summed E-state index contributed by atoms with van der Waals surface area (Å²) in [5.41, 5.74) is 0.670. The SMILES string of the molecule is O=C(O)CC1(c2ccc(Cl)cc2Cl)CC1. The van der Waals surface area contributed by atoms with Crippen molar-refractivity contribution in [2.75, 3.05) is 0 Å². The van der Waals surface area contributed by atoms with Gasteiger partial charge in [-0.1, -0.05) is 29.3 Å². The Morgan fingerprint density at radius 1 is 1.40 bits per heavy atom. The Hall–Kier alpha value is -0.730. The molecule has 0 amide bonds. The van der Waals surface area contributed by atoms with E-state index in [9.17, 15) is 4.79 Å². The zero-order valence-corrected chi connectivity index (χ0v) is 9.48. The minimum atomic E-state index is -0.779. The van der Waals surface area contributed by atoms with E-state index in [2.05, 4.69) is 0 Å². The van der Waals surface area contributed by atoms with Gasteiger partial charge in [0.1, 0.15) is 0 Å². The van der Waals surface area contributed by atoms with E-state index in [1.807, 2.05) is 6.07 Å². The lowest BCUT2D eigenvalue weighted by Gasteiger charge is -2.14. The molecule has 2 rings (SSSR count). The Morgan fingerprint density at radius 2 is 2.07 bits per heavy atom. The fourth-order valence-corrected chi connectivity index (χ4v) is 2.51. The van der Waals surface area contributed by atoms with Crippen LogP contribution in [0.25, 0.3) is 0 Å². The molecule has 0 saturated heterocycles. The Balaban J connectivity index is 2.33. The third-order valence-electron chi connectivity index (χ3n) is 2.85. The summed E-state index contributed by atoms with van der Waals surface area (Å²) in [6.45, 7) is 0. The van der Waals surface area contributed by atoms with Gasteiger partial charge in [0.15, 0.2) is 0 Å². The fourth-order valence-electron chi connectivity index (χ4n) is 1.90. The van der Waals surface area contributed by atoms with Crippen LogP contribution in [-0.2, 0) is 10.2 Å². The van der Waals surface area contributed by atoms with Crippen molar-refractivity contribution < 1.29 is 9.90 Å². The number of aliphatic carboxylic acids is 1. The molecule has 0 heterocycles. The molecule has 0 atom stereocenters. The lowest BCUT2D eigenvalue weighted by Crippen LogP contribution is -2.13. The van der Waals surface area contributed by atoms with Crippen LogP contribution in [0, 0.1) is 0 Å². The van der Waals surface area contributed by atoms with E-state index in [4.69, 9.17) is 28.3 Å². The topological polar surface area (TPSA) is 37.3 Å². The molecule has 0 spiro atoms. The Kier molecular flexibility index (Phi) is 2.65. The van der Waals surface area contributed by atoms with Crippen LogP contribution in [-0.4, -0.2) is 11.1 Å². The van der Waals surface area contributed by atoms with E-state index in [-0.39, 0.29) is 11.8 Å². The van der Waals surface area contributed by atoms with Crippen LogP contribution in [0.5, 0.6) is 0 Å². The number of hydrogen-bond donors (Lipinski definition) is 1. The minimum absolute atomic E-state index is 0.147. The third kappa shape index (κ3) is 2.11. The molecule has 1 aromatic carbocycles. The van der Waals surface area contributed by atoms with Gasteiger partial charge < -0.3 is 5.11 Å². The molecule has 0 unspecified atom stereocenters. The van der Waals surface area contributed by atoms with E-state index in [1.165, 1.54) is 0 Å². The van der Waals surface area contributed by atoms with Gasteiger partial charge in [0.05, 0.1) is 6.42 Å². The quantitative estimate of drug-likeness (QED) is 0.884. The number of carbonyl (C=O) groups is 1. The highest BCUT2D eigenvalue weighted by Gasteiger charge is 2.47. The first-order chi connectivity index (χ1) is 7.03. The summed E-state index contributed by atoms with van der Waals surface area (Å²) < 4.78 is 0. The largest absolute Gasteiger partial charge is 0.481 e. The molecule has 1 N–H and O–H groups in total. The summed E-state index contributed by atoms with van der Waals surface area (Å²) >= 11 is 11.9. The van der Waals surface area contributed by atoms with Crippen LogP contribution < -0.4 is 0 Å². The van der Waals surface area contributed by atoms with Gasteiger partial charge in [-0.25, -0.2) is 0 Å². The molecule has 0 aliphatic heterocycles. The number of rotatable bonds is 3. The van der Waals surface area contributed by atoms with Crippen molar-refractivity contribution in [3.63, 3.8) is 0 Å². The standard InChI is InChI=1S/C11H10Cl2O2/c12-7-1-2-8(9(13)5-7)11(3-4-11)6-10(14)15/h1-2,5H,3-4,6H2,(H,14,15). The fraction of sp³-hybridized carbons (Fsp3) is 0.364. The maximum absolute atomic E-state index is 10.7. The zero-order valence-electron chi connectivity index (χ0n) is 7.96. The smallest absolute Gasteiger partial charge is 0.304 e. The lowest BCUT2D eigenvalue weighted by atomic mass is 9.92. The molecule has 1 aliphatic carbocycles. The Labute approximate surface area is 97.8 Å². The number of halogens is 2. The summed E-state index contributed by atoms with van der Waals surface area (Å²) in [6.07, 6.45) is 1.93. The molecule has 0 aromatic heterocycles. The number of benzene rings is 1. The molecular weight excluding hydrogens is 235 g/mol. The summed E-state index contributed by atoms with van der Waals surface area (Å²) in [6, 6.07) is 5.26. The number of carboxylic acid groups (broad SMARTS) is 1. The highest BCUT2D eigenvalue weighted by Crippen LogP contribution is 2.53. The van der Waals surface area contributed by atoms with E-state index >= 15 is 0 Å². The second-order valence-electron chi connectivity index (χ2n) is 3.98. The van der Waals surface area contributed by atoms with Gasteiger partial charge in [-0.2, -0.15) is 0 Å². The molecular formula is C11H10Cl2O2. The summed E-state index contributed by atoms with van der Waals surface area (Å²) in [7, 11) is 0. The highest BCUT2D eigenvalue weighted by molar-refractivity contribution is 6.35. The molecule has 0 radical (unpaired) electrons. The van der Waals surface area contributed by atoms with E-state index in [0.29, 0.717) is 10.0 Å². The normalized spacial score (nSPS) is 17.5. The predicted octanol–water partition coefficient (Wildman–Crippen LogP) is 3.50. The molecule has 2 nitrogen and oxygen atoms in total. The molecule has 4 heteroatoms. The summed E-state index contributed by atoms with van der Waals surface area (Å²) in [5.74, 6) is -0.779. The van der Waals surface area contributed by atoms with Crippen molar-refractivity contribution >= 4 is 29.2 Å². The average molecular weight is 245 g/mol. The second kappa shape index (κ2) is 3.69. The molecule has 1 fully saturated rings. The van der Waals surface area contributed by atoms with Crippen LogP contribution in [0.15, 0.2) is 18.2 Å². The van der Waals surface area contributed by atoms with E-state index < -0.39 is 5.97 Å². The lowest BCUT2D eigenvalue weighted by molar-refractivity contribution is -0.137. The van der Waals surface area contributed by atoms with Crippen LogP contribution in [0.4, 0.5) is 0 Å². The van der Waals surface area contributed by atoms with Crippen molar-refractivity contribution in [2.24, 2.45) is 0 Å². The van der Waals surface area contributed by atoms with E-state index in [0.717, 1.165) is 18.4 Å². The molecule has 1 saturated carbocycles. The zero-order chi connectivity index (χ0) is 11.1. The van der Waals surface area contributed by atoms with Gasteiger partial charge in [0.2, 0.25) is 0 Å². The van der Waals surface area contributed by atoms with Gasteiger partial charge in [-0.3, -0.25) is 4.79 Å². The first-order valence-electron chi connectivity index (χ1n) is 4.71. The number of carboxylic acids is 1. The van der Waals surface area contributed by atoms with Crippen molar-refractivity contribution in [3.8, 4) is 0 Å². The summed E-state index contributed by atoms with van der Waals surface area (Å²) in [5, 5.41) is 9.98. The van der Waals surface area contributed by atoms with Gasteiger partial charge in [0, 0.05) is 15.5 Å². The predicted molar refractivity (Wildman–Crippen MR) is 59.6 cm³/mol. The first kappa shape index (κ1) is 10.8. The van der Waals surface area contributed by atoms with Crippen LogP contribution in [0.1, 0.15) is 24.8 Å². The van der Waals surface area contributed by atoms with Crippen LogP contribution in [0.2, 0.25) is 10.0 Å². The third-order valence-corrected chi connectivity index (χ3v) is 3.39. The number of hydrogen-bond acceptors (Lipinski definition) is 1. The Bertz CT molecular complexity index is 411.